The van der Waals surface area contributed by atoms with Crippen molar-refractivity contribution >= 4 is 28.8 Å². The van der Waals surface area contributed by atoms with Crippen LogP contribution in [0.15, 0.2) is 18.2 Å². The number of benzene rings is 1. The van der Waals surface area contributed by atoms with Crippen molar-refractivity contribution in [1.82, 2.24) is 4.57 Å². The van der Waals surface area contributed by atoms with E-state index in [4.69, 9.17) is 11.6 Å². The van der Waals surface area contributed by atoms with Crippen molar-refractivity contribution in [2.45, 2.75) is 6.18 Å². The molecule has 0 aliphatic carbocycles. The molecule has 1 aromatic carbocycles. The lowest BCUT2D eigenvalue weighted by molar-refractivity contribution is -0.143. The Kier molecular flexibility index (Phi) is 2.66. The van der Waals surface area contributed by atoms with Gasteiger partial charge in [0.2, 0.25) is 0 Å². The van der Waals surface area contributed by atoms with Gasteiger partial charge in [0.25, 0.3) is 0 Å². The van der Waals surface area contributed by atoms with Crippen molar-refractivity contribution in [3.8, 4) is 0 Å². The lowest BCUT2D eigenvalue weighted by atomic mass is 10.1. The Bertz CT molecular complexity index is 601. The maximum atomic E-state index is 12.8. The molecule has 17 heavy (non-hydrogen) atoms. The molecule has 0 amide bonds. The van der Waals surface area contributed by atoms with Gasteiger partial charge in [0, 0.05) is 23.0 Å². The summed E-state index contributed by atoms with van der Waals surface area (Å²) in [6, 6.07) is 4.30. The van der Waals surface area contributed by atoms with Gasteiger partial charge in [-0.25, -0.2) is 0 Å². The minimum atomic E-state index is -4.57. The molecule has 0 fully saturated rings. The summed E-state index contributed by atoms with van der Waals surface area (Å²) in [4.78, 5) is 10.9. The van der Waals surface area contributed by atoms with Gasteiger partial charge in [0.1, 0.15) is 5.69 Å². The van der Waals surface area contributed by atoms with E-state index >= 15 is 0 Å². The average molecular weight is 262 g/mol. The Labute approximate surface area is 99.6 Å². The van der Waals surface area contributed by atoms with Gasteiger partial charge in [-0.1, -0.05) is 11.6 Å². The van der Waals surface area contributed by atoms with Crippen LogP contribution in [0.25, 0.3) is 10.9 Å². The molecule has 1 aromatic heterocycles. The molecule has 2 rings (SSSR count). The number of fused-ring (bicyclic) bond motifs is 1. The van der Waals surface area contributed by atoms with Crippen molar-refractivity contribution < 1.29 is 18.0 Å². The number of aldehydes is 1. The van der Waals surface area contributed by atoms with Crippen molar-refractivity contribution in [2.75, 3.05) is 0 Å². The highest BCUT2D eigenvalue weighted by Crippen LogP contribution is 2.37. The van der Waals surface area contributed by atoms with Crippen LogP contribution in [0.2, 0.25) is 5.02 Å². The van der Waals surface area contributed by atoms with Gasteiger partial charge >= 0.3 is 6.18 Å². The summed E-state index contributed by atoms with van der Waals surface area (Å²) in [6.07, 6.45) is -4.36. The molecule has 0 N–H and O–H groups in total. The average Bonchev–Trinajstić information content (AvgIpc) is 2.50. The molecule has 0 saturated heterocycles. The van der Waals surface area contributed by atoms with Crippen LogP contribution in [-0.4, -0.2) is 10.9 Å². The third kappa shape index (κ3) is 1.80. The Balaban J connectivity index is 2.94. The summed E-state index contributed by atoms with van der Waals surface area (Å²) in [5.74, 6) is 0. The minimum absolute atomic E-state index is 0.210. The fourth-order valence-corrected chi connectivity index (χ4v) is 2.08. The first kappa shape index (κ1) is 12.0. The first-order chi connectivity index (χ1) is 7.86. The quantitative estimate of drug-likeness (QED) is 0.718. The third-order valence-corrected chi connectivity index (χ3v) is 2.82. The number of rotatable bonds is 1. The largest absolute Gasteiger partial charge is 0.432 e. The molecule has 0 radical (unpaired) electrons. The second kappa shape index (κ2) is 3.77. The predicted molar refractivity (Wildman–Crippen MR) is 58.3 cm³/mol. The van der Waals surface area contributed by atoms with Crippen molar-refractivity contribution in [3.05, 3.63) is 34.5 Å². The minimum Gasteiger partial charge on any atom is -0.339 e. The molecular weight excluding hydrogens is 255 g/mol. The zero-order valence-electron chi connectivity index (χ0n) is 8.68. The second-order valence-electron chi connectivity index (χ2n) is 3.60. The van der Waals surface area contributed by atoms with Crippen molar-refractivity contribution in [3.63, 3.8) is 0 Å². The number of carbonyl (C=O) groups excluding carboxylic acids is 1. The number of alkyl halides is 3. The lowest BCUT2D eigenvalue weighted by Gasteiger charge is -2.08. The lowest BCUT2D eigenvalue weighted by Crippen LogP contribution is -2.13. The Morgan fingerprint density at radius 1 is 1.35 bits per heavy atom. The highest BCUT2D eigenvalue weighted by molar-refractivity contribution is 6.31. The summed E-state index contributed by atoms with van der Waals surface area (Å²) < 4.78 is 39.4. The molecule has 2 nitrogen and oxygen atoms in total. The number of carbonyl (C=O) groups is 1. The number of halogens is 4. The van der Waals surface area contributed by atoms with E-state index in [9.17, 15) is 18.0 Å². The topological polar surface area (TPSA) is 22.0 Å². The van der Waals surface area contributed by atoms with E-state index in [1.807, 2.05) is 0 Å². The Morgan fingerprint density at radius 2 is 2.00 bits per heavy atom. The summed E-state index contributed by atoms with van der Waals surface area (Å²) in [5.41, 5.74) is -1.01. The van der Waals surface area contributed by atoms with E-state index in [0.29, 0.717) is 10.5 Å². The van der Waals surface area contributed by atoms with Crippen LogP contribution < -0.4 is 0 Å². The maximum Gasteiger partial charge on any atom is 0.432 e. The molecule has 0 spiro atoms. The predicted octanol–water partition coefficient (Wildman–Crippen LogP) is 3.66. The number of aromatic nitrogens is 1. The van der Waals surface area contributed by atoms with Crippen LogP contribution in [0.5, 0.6) is 0 Å². The maximum absolute atomic E-state index is 12.8. The van der Waals surface area contributed by atoms with E-state index in [0.717, 1.165) is 4.57 Å². The van der Waals surface area contributed by atoms with Gasteiger partial charge in [0.05, 0.1) is 5.56 Å². The summed E-state index contributed by atoms with van der Waals surface area (Å²) in [5, 5.41) is 0.502. The molecular formula is C11H7ClF3NO. The molecule has 0 saturated carbocycles. The fourth-order valence-electron chi connectivity index (χ4n) is 1.91. The Morgan fingerprint density at radius 3 is 2.53 bits per heavy atom. The van der Waals surface area contributed by atoms with Crippen molar-refractivity contribution in [1.29, 1.82) is 0 Å². The third-order valence-electron chi connectivity index (χ3n) is 2.59. The normalized spacial score (nSPS) is 12.1. The number of hydrogen-bond donors (Lipinski definition) is 0. The summed E-state index contributed by atoms with van der Waals surface area (Å²) >= 11 is 5.72. The van der Waals surface area contributed by atoms with Gasteiger partial charge in [0.15, 0.2) is 6.29 Å². The van der Waals surface area contributed by atoms with Gasteiger partial charge in [-0.05, 0) is 18.2 Å². The van der Waals surface area contributed by atoms with Gasteiger partial charge in [-0.2, -0.15) is 13.2 Å². The standard InChI is InChI=1S/C11H7ClF3NO/c1-16-9-3-2-6(12)4-7(9)8(5-17)10(16)11(13,14)15/h2-5H,1H3. The summed E-state index contributed by atoms with van der Waals surface area (Å²) in [6.45, 7) is 0. The molecule has 2 aromatic rings. The molecule has 0 unspecified atom stereocenters. The Hall–Kier alpha value is -1.49. The van der Waals surface area contributed by atoms with Crippen LogP contribution in [0, 0.1) is 0 Å². The van der Waals surface area contributed by atoms with Gasteiger partial charge in [-0.3, -0.25) is 4.79 Å². The monoisotopic (exact) mass is 261 g/mol. The number of aryl methyl sites for hydroxylation is 1. The highest BCUT2D eigenvalue weighted by Gasteiger charge is 2.38. The zero-order valence-corrected chi connectivity index (χ0v) is 9.43. The van der Waals surface area contributed by atoms with Crippen molar-refractivity contribution in [2.24, 2.45) is 7.05 Å². The number of hydrogen-bond acceptors (Lipinski definition) is 1. The van der Waals surface area contributed by atoms with Crippen LogP contribution in [0.4, 0.5) is 13.2 Å². The fraction of sp³-hybridized carbons (Fsp3) is 0.182. The molecule has 0 aliphatic rings. The number of nitrogens with zero attached hydrogens (tertiary/aromatic N) is 1. The smallest absolute Gasteiger partial charge is 0.339 e. The molecule has 0 atom stereocenters. The molecule has 0 bridgehead atoms. The summed E-state index contributed by atoms with van der Waals surface area (Å²) in [7, 11) is 1.27. The SMILES string of the molecule is Cn1c(C(F)(F)F)c(C=O)c2cc(Cl)ccc21. The molecule has 6 heteroatoms. The van der Waals surface area contributed by atoms with Crippen LogP contribution in [0.3, 0.4) is 0 Å². The second-order valence-corrected chi connectivity index (χ2v) is 4.03. The first-order valence-corrected chi connectivity index (χ1v) is 5.04. The van der Waals surface area contributed by atoms with E-state index in [1.54, 1.807) is 0 Å². The zero-order chi connectivity index (χ0) is 12.8. The van der Waals surface area contributed by atoms with E-state index in [1.165, 1.54) is 25.2 Å². The van der Waals surface area contributed by atoms with Crippen LogP contribution in [-0.2, 0) is 13.2 Å². The van der Waals surface area contributed by atoms with E-state index in [-0.39, 0.29) is 17.2 Å². The molecule has 0 aliphatic heterocycles. The van der Waals surface area contributed by atoms with Crippen LogP contribution >= 0.6 is 11.6 Å². The van der Waals surface area contributed by atoms with E-state index < -0.39 is 11.9 Å². The van der Waals surface area contributed by atoms with Gasteiger partial charge < -0.3 is 4.57 Å². The van der Waals surface area contributed by atoms with E-state index in [2.05, 4.69) is 0 Å². The molecule has 90 valence electrons. The molecule has 1 heterocycles. The highest BCUT2D eigenvalue weighted by atomic mass is 35.5. The van der Waals surface area contributed by atoms with Crippen LogP contribution in [0.1, 0.15) is 16.1 Å². The first-order valence-electron chi connectivity index (χ1n) is 4.66. The van der Waals surface area contributed by atoms with Gasteiger partial charge in [-0.15, -0.1) is 0 Å².